The lowest BCUT2D eigenvalue weighted by molar-refractivity contribution is 0.0302. The first-order valence-electron chi connectivity index (χ1n) is 10.2. The first-order valence-corrected chi connectivity index (χ1v) is 10.2. The van der Waals surface area contributed by atoms with E-state index in [1.807, 2.05) is 23.1 Å². The number of morpholine rings is 1. The van der Waals surface area contributed by atoms with E-state index in [1.54, 1.807) is 18.2 Å². The van der Waals surface area contributed by atoms with Gasteiger partial charge in [0.25, 0.3) is 5.91 Å². The Morgan fingerprint density at radius 1 is 1.10 bits per heavy atom. The number of benzene rings is 2. The number of ketones is 1. The summed E-state index contributed by atoms with van der Waals surface area (Å²) in [7, 11) is 0. The molecule has 0 saturated carbocycles. The van der Waals surface area contributed by atoms with Gasteiger partial charge in [0.1, 0.15) is 0 Å². The van der Waals surface area contributed by atoms with Gasteiger partial charge in [-0.3, -0.25) is 9.59 Å². The molecule has 5 heteroatoms. The van der Waals surface area contributed by atoms with Gasteiger partial charge in [-0.25, -0.2) is 0 Å². The highest BCUT2D eigenvalue weighted by Crippen LogP contribution is 2.50. The molecule has 1 amide bonds. The number of amides is 1. The minimum atomic E-state index is -0.383. The zero-order valence-corrected chi connectivity index (χ0v) is 17.1. The molecule has 0 N–H and O–H groups in total. The van der Waals surface area contributed by atoms with Crippen molar-refractivity contribution >= 4 is 17.3 Å². The average molecular weight is 398 g/mol. The van der Waals surface area contributed by atoms with Crippen molar-refractivity contribution in [1.29, 1.82) is 5.26 Å². The van der Waals surface area contributed by atoms with Crippen LogP contribution in [0.3, 0.4) is 0 Å². The van der Waals surface area contributed by atoms with Crippen LogP contribution in [0.5, 0.6) is 0 Å². The second-order valence-corrected chi connectivity index (χ2v) is 8.63. The minimum Gasteiger partial charge on any atom is -0.378 e. The number of nitriles is 1. The van der Waals surface area contributed by atoms with Gasteiger partial charge >= 0.3 is 0 Å². The minimum absolute atomic E-state index is 0.00755. The molecule has 1 fully saturated rings. The average Bonchev–Trinajstić information content (AvgIpc) is 3.17. The maximum Gasteiger partial charge on any atom is 0.254 e. The summed E-state index contributed by atoms with van der Waals surface area (Å²) in [6, 6.07) is 13.2. The van der Waals surface area contributed by atoms with Crippen LogP contribution in [-0.2, 0) is 16.6 Å². The molecule has 1 aliphatic heterocycles. The lowest BCUT2D eigenvalue weighted by Gasteiger charge is -2.35. The highest BCUT2D eigenvalue weighted by atomic mass is 16.5. The molecule has 5 rings (SSSR count). The summed E-state index contributed by atoms with van der Waals surface area (Å²) in [6.07, 6.45) is 0.653. The van der Waals surface area contributed by atoms with E-state index in [-0.39, 0.29) is 17.1 Å². The van der Waals surface area contributed by atoms with Crippen molar-refractivity contribution in [2.45, 2.75) is 25.7 Å². The van der Waals surface area contributed by atoms with Crippen LogP contribution in [-0.4, -0.2) is 42.9 Å². The van der Waals surface area contributed by atoms with Crippen molar-refractivity contribution in [3.8, 4) is 6.07 Å². The summed E-state index contributed by atoms with van der Waals surface area (Å²) >= 11 is 0. The van der Waals surface area contributed by atoms with E-state index < -0.39 is 0 Å². The van der Waals surface area contributed by atoms with Crippen molar-refractivity contribution in [1.82, 2.24) is 4.90 Å². The monoisotopic (exact) mass is 398 g/mol. The number of carbonyl (C=O) groups excluding carboxylic acids is 2. The zero-order chi connectivity index (χ0) is 21.0. The van der Waals surface area contributed by atoms with Crippen molar-refractivity contribution in [3.63, 3.8) is 0 Å². The summed E-state index contributed by atoms with van der Waals surface area (Å²) < 4.78 is 5.35. The second-order valence-electron chi connectivity index (χ2n) is 8.63. The van der Waals surface area contributed by atoms with Crippen LogP contribution >= 0.6 is 0 Å². The fourth-order valence-corrected chi connectivity index (χ4v) is 4.93. The van der Waals surface area contributed by atoms with Crippen LogP contribution < -0.4 is 0 Å². The molecular weight excluding hydrogens is 376 g/mol. The SMILES string of the molecule is CC1(C)C2=C(C(=O)c3ccc(C(=O)N4CCOCC4)cc31)c1ccc(C#N)cc1C2. The van der Waals surface area contributed by atoms with Crippen LogP contribution in [0.2, 0.25) is 0 Å². The van der Waals surface area contributed by atoms with Gasteiger partial charge in [-0.05, 0) is 59.0 Å². The smallest absolute Gasteiger partial charge is 0.254 e. The van der Waals surface area contributed by atoms with E-state index in [0.29, 0.717) is 49.4 Å². The largest absolute Gasteiger partial charge is 0.378 e. The predicted molar refractivity (Wildman–Crippen MR) is 112 cm³/mol. The summed E-state index contributed by atoms with van der Waals surface area (Å²) in [5.74, 6) is -0.00866. The zero-order valence-electron chi connectivity index (χ0n) is 17.1. The number of hydrogen-bond donors (Lipinski definition) is 0. The van der Waals surface area contributed by atoms with Crippen molar-refractivity contribution in [2.75, 3.05) is 26.3 Å². The van der Waals surface area contributed by atoms with Gasteiger partial charge in [0.15, 0.2) is 5.78 Å². The van der Waals surface area contributed by atoms with Crippen LogP contribution in [0.25, 0.3) is 5.57 Å². The molecule has 0 spiro atoms. The Labute approximate surface area is 175 Å². The predicted octanol–water partition coefficient (Wildman–Crippen LogP) is 3.51. The summed E-state index contributed by atoms with van der Waals surface area (Å²) in [6.45, 7) is 6.52. The second kappa shape index (κ2) is 6.65. The third kappa shape index (κ3) is 2.64. The maximum absolute atomic E-state index is 13.5. The summed E-state index contributed by atoms with van der Waals surface area (Å²) in [5, 5.41) is 9.24. The van der Waals surface area contributed by atoms with E-state index in [4.69, 9.17) is 4.74 Å². The van der Waals surface area contributed by atoms with Gasteiger partial charge in [-0.15, -0.1) is 0 Å². The number of ether oxygens (including phenoxy) is 1. The molecule has 0 radical (unpaired) electrons. The van der Waals surface area contributed by atoms with Gasteiger partial charge in [-0.2, -0.15) is 5.26 Å². The molecule has 0 bridgehead atoms. The Kier molecular flexibility index (Phi) is 4.16. The van der Waals surface area contributed by atoms with Gasteiger partial charge in [0.05, 0.1) is 24.8 Å². The van der Waals surface area contributed by atoms with E-state index in [9.17, 15) is 14.9 Å². The summed E-state index contributed by atoms with van der Waals surface area (Å²) in [5.41, 5.74) is 6.19. The van der Waals surface area contributed by atoms with Gasteiger partial charge in [0, 0.05) is 35.2 Å². The molecule has 0 aromatic heterocycles. The van der Waals surface area contributed by atoms with E-state index in [1.165, 1.54) is 0 Å². The van der Waals surface area contributed by atoms with Crippen LogP contribution in [0.15, 0.2) is 42.0 Å². The third-order valence-corrected chi connectivity index (χ3v) is 6.64. The molecular formula is C25H22N2O3. The topological polar surface area (TPSA) is 70.4 Å². The Bertz CT molecular complexity index is 1180. The highest BCUT2D eigenvalue weighted by molar-refractivity contribution is 6.33. The van der Waals surface area contributed by atoms with Crippen LogP contribution in [0.4, 0.5) is 0 Å². The normalized spacial score (nSPS) is 19.1. The van der Waals surface area contributed by atoms with Gasteiger partial charge in [-0.1, -0.05) is 19.9 Å². The lowest BCUT2D eigenvalue weighted by Crippen LogP contribution is -2.41. The van der Waals surface area contributed by atoms with Gasteiger partial charge < -0.3 is 9.64 Å². The number of allylic oxidation sites excluding steroid dienone is 2. The number of fused-ring (bicyclic) bond motifs is 3. The van der Waals surface area contributed by atoms with Crippen molar-refractivity contribution in [2.24, 2.45) is 0 Å². The Hall–Kier alpha value is -3.23. The fraction of sp³-hybridized carbons (Fsp3) is 0.320. The van der Waals surface area contributed by atoms with E-state index >= 15 is 0 Å². The third-order valence-electron chi connectivity index (χ3n) is 6.64. The lowest BCUT2D eigenvalue weighted by atomic mass is 9.68. The molecule has 5 nitrogen and oxygen atoms in total. The standard InChI is InChI=1S/C25H22N2O3/c1-25(2)20-12-16(24(29)27-7-9-30-10-8-27)4-6-19(20)23(28)22-18-5-3-15(14-26)11-17(18)13-21(22)25/h3-6,11-12H,7-10,13H2,1-2H3. The number of nitrogens with zero attached hydrogens (tertiary/aromatic N) is 2. The van der Waals surface area contributed by atoms with E-state index in [2.05, 4.69) is 19.9 Å². The number of hydrogen-bond acceptors (Lipinski definition) is 4. The molecule has 1 heterocycles. The van der Waals surface area contributed by atoms with Gasteiger partial charge in [0.2, 0.25) is 0 Å². The fourth-order valence-electron chi connectivity index (χ4n) is 4.93. The summed E-state index contributed by atoms with van der Waals surface area (Å²) in [4.78, 5) is 28.3. The van der Waals surface area contributed by atoms with Crippen LogP contribution in [0.1, 0.15) is 56.8 Å². The molecule has 0 atom stereocenters. The van der Waals surface area contributed by atoms with Crippen molar-refractivity contribution in [3.05, 3.63) is 75.4 Å². The molecule has 2 aromatic carbocycles. The first-order chi connectivity index (χ1) is 14.4. The molecule has 2 aliphatic carbocycles. The molecule has 3 aliphatic rings. The van der Waals surface area contributed by atoms with Crippen molar-refractivity contribution < 1.29 is 14.3 Å². The Balaban J connectivity index is 1.57. The maximum atomic E-state index is 13.5. The molecule has 150 valence electrons. The number of carbonyl (C=O) groups is 2. The molecule has 2 aromatic rings. The number of Topliss-reactive ketones (excluding diaryl/α,β-unsaturated/α-hetero) is 1. The van der Waals surface area contributed by atoms with Crippen LogP contribution in [0, 0.1) is 11.3 Å². The molecule has 0 unspecified atom stereocenters. The Morgan fingerprint density at radius 2 is 1.83 bits per heavy atom. The first kappa shape index (κ1) is 18.8. The molecule has 1 saturated heterocycles. The highest BCUT2D eigenvalue weighted by Gasteiger charge is 2.43. The van der Waals surface area contributed by atoms with E-state index in [0.717, 1.165) is 27.8 Å². The number of rotatable bonds is 1. The Morgan fingerprint density at radius 3 is 2.57 bits per heavy atom. The quantitative estimate of drug-likeness (QED) is 0.737. The molecule has 30 heavy (non-hydrogen) atoms.